The summed E-state index contributed by atoms with van der Waals surface area (Å²) in [5.41, 5.74) is 1.48. The zero-order valence-corrected chi connectivity index (χ0v) is 13.8. The lowest BCUT2D eigenvalue weighted by Gasteiger charge is -2.32. The van der Waals surface area contributed by atoms with Crippen molar-refractivity contribution in [3.63, 3.8) is 0 Å². The van der Waals surface area contributed by atoms with E-state index in [0.717, 1.165) is 24.3 Å². The van der Waals surface area contributed by atoms with E-state index in [1.54, 1.807) is 17.0 Å². The molecule has 1 atom stereocenters. The Morgan fingerprint density at radius 2 is 1.76 bits per heavy atom. The maximum Gasteiger partial charge on any atom is 0.256 e. The van der Waals surface area contributed by atoms with E-state index < -0.39 is 6.10 Å². The van der Waals surface area contributed by atoms with Crippen LogP contribution in [0.5, 0.6) is 0 Å². The number of aliphatic hydroxyl groups is 1. The zero-order chi connectivity index (χ0) is 17.2. The first kappa shape index (κ1) is 15.8. The third-order valence-corrected chi connectivity index (χ3v) is 4.86. The maximum atomic E-state index is 12.5. The Labute approximate surface area is 145 Å². The normalized spacial score (nSPS) is 16.9. The summed E-state index contributed by atoms with van der Waals surface area (Å²) in [4.78, 5) is 14.3. The molecule has 3 heterocycles. The Morgan fingerprint density at radius 3 is 2.52 bits per heavy atom. The van der Waals surface area contributed by atoms with Crippen LogP contribution in [0.1, 0.15) is 36.3 Å². The molecular weight excluding hydrogens is 316 g/mol. The zero-order valence-electron chi connectivity index (χ0n) is 13.8. The van der Waals surface area contributed by atoms with E-state index in [0.29, 0.717) is 18.7 Å². The number of benzene rings is 1. The van der Waals surface area contributed by atoms with Crippen molar-refractivity contribution >= 4 is 11.6 Å². The molecule has 1 aromatic carbocycles. The highest BCUT2D eigenvalue weighted by Crippen LogP contribution is 2.28. The number of likely N-dealkylation sites (tertiary alicyclic amines) is 1. The number of hydrogen-bond acceptors (Lipinski definition) is 4. The fourth-order valence-corrected chi connectivity index (χ4v) is 3.45. The first-order chi connectivity index (χ1) is 12.2. The van der Waals surface area contributed by atoms with Crippen LogP contribution < -0.4 is 0 Å². The Kier molecular flexibility index (Phi) is 4.19. The van der Waals surface area contributed by atoms with Crippen LogP contribution in [0.3, 0.4) is 0 Å². The van der Waals surface area contributed by atoms with Gasteiger partial charge in [0.1, 0.15) is 5.82 Å². The molecule has 1 aliphatic heterocycles. The lowest BCUT2D eigenvalue weighted by Crippen LogP contribution is -2.40. The third-order valence-electron chi connectivity index (χ3n) is 4.86. The molecule has 4 rings (SSSR count). The molecule has 6 heteroatoms. The molecule has 1 saturated heterocycles. The Bertz CT molecular complexity index is 869. The molecule has 1 N–H and O–H groups in total. The van der Waals surface area contributed by atoms with Gasteiger partial charge in [-0.1, -0.05) is 36.4 Å². The van der Waals surface area contributed by atoms with Crippen molar-refractivity contribution in [2.45, 2.75) is 24.9 Å². The van der Waals surface area contributed by atoms with E-state index in [-0.39, 0.29) is 11.8 Å². The predicted octanol–water partition coefficient (Wildman–Crippen LogP) is 2.17. The summed E-state index contributed by atoms with van der Waals surface area (Å²) in [5.74, 6) is 0.998. The minimum atomic E-state index is -1.09. The number of piperidine rings is 1. The van der Waals surface area contributed by atoms with E-state index in [2.05, 4.69) is 10.2 Å². The van der Waals surface area contributed by atoms with E-state index in [4.69, 9.17) is 0 Å². The highest BCUT2D eigenvalue weighted by atomic mass is 16.3. The van der Waals surface area contributed by atoms with Crippen LogP contribution in [0.4, 0.5) is 0 Å². The second kappa shape index (κ2) is 6.64. The first-order valence-electron chi connectivity index (χ1n) is 8.55. The summed E-state index contributed by atoms with van der Waals surface area (Å²) in [6, 6.07) is 14.9. The van der Waals surface area contributed by atoms with Gasteiger partial charge in [0.25, 0.3) is 5.91 Å². The van der Waals surface area contributed by atoms with E-state index in [9.17, 15) is 9.90 Å². The molecule has 3 aromatic rings. The number of amides is 1. The van der Waals surface area contributed by atoms with Crippen molar-refractivity contribution in [1.82, 2.24) is 19.5 Å². The van der Waals surface area contributed by atoms with Crippen LogP contribution in [0.2, 0.25) is 0 Å². The number of nitrogens with zero attached hydrogens (tertiary/aromatic N) is 4. The van der Waals surface area contributed by atoms with Crippen molar-refractivity contribution in [2.75, 3.05) is 13.1 Å². The number of aromatic nitrogens is 3. The molecule has 2 aromatic heterocycles. The van der Waals surface area contributed by atoms with Crippen molar-refractivity contribution in [3.8, 4) is 0 Å². The Hall–Kier alpha value is -2.73. The summed E-state index contributed by atoms with van der Waals surface area (Å²) in [7, 11) is 0. The summed E-state index contributed by atoms with van der Waals surface area (Å²) >= 11 is 0. The van der Waals surface area contributed by atoms with Gasteiger partial charge >= 0.3 is 0 Å². The second-order valence-electron chi connectivity index (χ2n) is 6.40. The van der Waals surface area contributed by atoms with Gasteiger partial charge in [0.05, 0.1) is 0 Å². The number of pyridine rings is 1. The van der Waals surface area contributed by atoms with Gasteiger partial charge in [-0.3, -0.25) is 9.20 Å². The van der Waals surface area contributed by atoms with E-state index >= 15 is 0 Å². The molecule has 1 fully saturated rings. The van der Waals surface area contributed by atoms with Crippen LogP contribution in [0.15, 0.2) is 54.7 Å². The minimum absolute atomic E-state index is 0.226. The van der Waals surface area contributed by atoms with Crippen LogP contribution in [-0.2, 0) is 4.79 Å². The quantitative estimate of drug-likeness (QED) is 0.796. The monoisotopic (exact) mass is 336 g/mol. The molecule has 0 aliphatic carbocycles. The van der Waals surface area contributed by atoms with Crippen molar-refractivity contribution in [2.24, 2.45) is 0 Å². The molecule has 0 saturated carbocycles. The number of carbonyl (C=O) groups excluding carboxylic acids is 1. The maximum absolute atomic E-state index is 12.5. The molecule has 1 unspecified atom stereocenters. The number of aliphatic hydroxyl groups excluding tert-OH is 1. The molecule has 1 amide bonds. The van der Waals surface area contributed by atoms with Gasteiger partial charge in [0, 0.05) is 25.2 Å². The van der Waals surface area contributed by atoms with E-state index in [1.807, 2.05) is 47.0 Å². The van der Waals surface area contributed by atoms with Crippen molar-refractivity contribution in [1.29, 1.82) is 0 Å². The average Bonchev–Trinajstić information content (AvgIpc) is 3.12. The van der Waals surface area contributed by atoms with Crippen molar-refractivity contribution in [3.05, 3.63) is 66.1 Å². The summed E-state index contributed by atoms with van der Waals surface area (Å²) in [6.07, 6.45) is 2.53. The smallest absolute Gasteiger partial charge is 0.256 e. The molecule has 25 heavy (non-hydrogen) atoms. The fourth-order valence-electron chi connectivity index (χ4n) is 3.45. The molecule has 0 radical (unpaired) electrons. The van der Waals surface area contributed by atoms with E-state index in [1.165, 1.54) is 0 Å². The topological polar surface area (TPSA) is 70.7 Å². The Morgan fingerprint density at radius 1 is 1.04 bits per heavy atom. The average molecular weight is 336 g/mol. The third kappa shape index (κ3) is 3.00. The number of rotatable bonds is 3. The molecule has 1 aliphatic rings. The lowest BCUT2D eigenvalue weighted by atomic mass is 9.95. The molecule has 128 valence electrons. The molecule has 0 spiro atoms. The van der Waals surface area contributed by atoms with Gasteiger partial charge in [0.15, 0.2) is 11.8 Å². The van der Waals surface area contributed by atoms with Gasteiger partial charge in [-0.05, 0) is 30.5 Å². The predicted molar refractivity (Wildman–Crippen MR) is 92.9 cm³/mol. The highest BCUT2D eigenvalue weighted by molar-refractivity contribution is 5.82. The van der Waals surface area contributed by atoms with Gasteiger partial charge < -0.3 is 10.0 Å². The van der Waals surface area contributed by atoms with Crippen molar-refractivity contribution < 1.29 is 9.90 Å². The van der Waals surface area contributed by atoms with Crippen LogP contribution in [0, 0.1) is 0 Å². The van der Waals surface area contributed by atoms with Gasteiger partial charge in [-0.15, -0.1) is 10.2 Å². The second-order valence-corrected chi connectivity index (χ2v) is 6.40. The standard InChI is InChI=1S/C19H20N4O2/c24-17(14-6-2-1-3-7-14)19(25)22-12-9-15(10-13-22)18-21-20-16-8-4-5-11-23(16)18/h1-8,11,15,17,24H,9-10,12-13H2. The largest absolute Gasteiger partial charge is 0.378 e. The lowest BCUT2D eigenvalue weighted by molar-refractivity contribution is -0.141. The number of fused-ring (bicyclic) bond motifs is 1. The van der Waals surface area contributed by atoms with Crippen LogP contribution in [-0.4, -0.2) is 43.6 Å². The van der Waals surface area contributed by atoms with Crippen LogP contribution in [0.25, 0.3) is 5.65 Å². The van der Waals surface area contributed by atoms with Gasteiger partial charge in [-0.25, -0.2) is 0 Å². The number of carbonyl (C=O) groups is 1. The summed E-state index contributed by atoms with van der Waals surface area (Å²) in [5, 5.41) is 18.9. The van der Waals surface area contributed by atoms with Crippen LogP contribution >= 0.6 is 0 Å². The Balaban J connectivity index is 1.44. The highest BCUT2D eigenvalue weighted by Gasteiger charge is 2.30. The fraction of sp³-hybridized carbons (Fsp3) is 0.316. The number of hydrogen-bond donors (Lipinski definition) is 1. The van der Waals surface area contributed by atoms with Gasteiger partial charge in [0.2, 0.25) is 0 Å². The summed E-state index contributed by atoms with van der Waals surface area (Å²) < 4.78 is 2.01. The minimum Gasteiger partial charge on any atom is -0.378 e. The SMILES string of the molecule is O=C(C(O)c1ccccc1)N1CCC(c2nnc3ccccn23)CC1. The van der Waals surface area contributed by atoms with Gasteiger partial charge in [-0.2, -0.15) is 0 Å². The first-order valence-corrected chi connectivity index (χ1v) is 8.55. The molecular formula is C19H20N4O2. The molecule has 6 nitrogen and oxygen atoms in total. The molecule has 0 bridgehead atoms. The summed E-state index contributed by atoms with van der Waals surface area (Å²) in [6.45, 7) is 1.24.